The Hall–Kier alpha value is -1.95. The van der Waals surface area contributed by atoms with Gasteiger partial charge in [0, 0.05) is 10.3 Å². The molecule has 0 fully saturated rings. The third-order valence-corrected chi connectivity index (χ3v) is 4.49. The molecule has 3 aromatic rings. The molecule has 0 bridgehead atoms. The minimum atomic E-state index is -0.420. The number of halogens is 1. The van der Waals surface area contributed by atoms with Crippen molar-refractivity contribution < 1.29 is 9.13 Å². The molecule has 0 spiro atoms. The molecule has 0 aliphatic rings. The molecule has 1 aromatic heterocycles. The zero-order valence-electron chi connectivity index (χ0n) is 11.5. The Morgan fingerprint density at radius 1 is 1.14 bits per heavy atom. The van der Waals surface area contributed by atoms with Crippen LogP contribution in [0.2, 0.25) is 0 Å². The van der Waals surface area contributed by atoms with Crippen molar-refractivity contribution in [1.29, 1.82) is 0 Å². The SMILES string of the molecule is COc1cccc(C(NN)c2csc3ccccc23)c1F. The van der Waals surface area contributed by atoms with Crippen molar-refractivity contribution in [3.8, 4) is 5.75 Å². The van der Waals surface area contributed by atoms with Gasteiger partial charge < -0.3 is 4.74 Å². The standard InChI is InChI=1S/C16H15FN2OS/c1-20-13-7-4-6-11(15(13)17)16(19-18)12-9-21-14-8-3-2-5-10(12)14/h2-9,16,19H,18H2,1H3. The Balaban J connectivity index is 2.15. The third-order valence-electron chi connectivity index (χ3n) is 3.51. The van der Waals surface area contributed by atoms with Crippen LogP contribution in [-0.4, -0.2) is 7.11 Å². The Morgan fingerprint density at radius 3 is 2.71 bits per heavy atom. The summed E-state index contributed by atoms with van der Waals surface area (Å²) in [4.78, 5) is 0. The summed E-state index contributed by atoms with van der Waals surface area (Å²) in [5, 5.41) is 3.08. The van der Waals surface area contributed by atoms with E-state index < -0.39 is 11.9 Å². The van der Waals surface area contributed by atoms with E-state index in [-0.39, 0.29) is 5.75 Å². The van der Waals surface area contributed by atoms with Gasteiger partial charge in [0.05, 0.1) is 13.2 Å². The average Bonchev–Trinajstić information content (AvgIpc) is 2.94. The summed E-state index contributed by atoms with van der Waals surface area (Å²) in [6.07, 6.45) is 0. The molecule has 1 heterocycles. The van der Waals surface area contributed by atoms with Gasteiger partial charge in [-0.3, -0.25) is 5.84 Å². The van der Waals surface area contributed by atoms with Crippen LogP contribution in [0.4, 0.5) is 4.39 Å². The lowest BCUT2D eigenvalue weighted by atomic mass is 9.98. The van der Waals surface area contributed by atoms with E-state index in [2.05, 4.69) is 5.43 Å². The molecule has 0 amide bonds. The van der Waals surface area contributed by atoms with E-state index in [0.29, 0.717) is 5.56 Å². The van der Waals surface area contributed by atoms with Gasteiger partial charge in [0.15, 0.2) is 11.6 Å². The van der Waals surface area contributed by atoms with Gasteiger partial charge in [0.25, 0.3) is 0 Å². The second-order valence-electron chi connectivity index (χ2n) is 4.65. The zero-order chi connectivity index (χ0) is 14.8. The highest BCUT2D eigenvalue weighted by atomic mass is 32.1. The number of hydrogen-bond acceptors (Lipinski definition) is 4. The van der Waals surface area contributed by atoms with Crippen molar-refractivity contribution in [1.82, 2.24) is 5.43 Å². The topological polar surface area (TPSA) is 47.3 Å². The smallest absolute Gasteiger partial charge is 0.170 e. The van der Waals surface area contributed by atoms with Crippen LogP contribution < -0.4 is 16.0 Å². The van der Waals surface area contributed by atoms with Crippen LogP contribution in [0.5, 0.6) is 5.75 Å². The van der Waals surface area contributed by atoms with Gasteiger partial charge in [-0.05, 0) is 28.5 Å². The predicted octanol–water partition coefficient (Wildman–Crippen LogP) is 3.60. The molecular formula is C16H15FN2OS. The molecule has 3 rings (SSSR count). The molecule has 0 saturated heterocycles. The molecule has 5 heteroatoms. The van der Waals surface area contributed by atoms with Gasteiger partial charge in [-0.2, -0.15) is 0 Å². The maximum absolute atomic E-state index is 14.5. The Bertz CT molecular complexity index is 772. The number of ether oxygens (including phenoxy) is 1. The highest BCUT2D eigenvalue weighted by molar-refractivity contribution is 7.17. The predicted molar refractivity (Wildman–Crippen MR) is 83.9 cm³/mol. The normalized spacial score (nSPS) is 12.5. The quantitative estimate of drug-likeness (QED) is 0.572. The van der Waals surface area contributed by atoms with Crippen molar-refractivity contribution in [2.45, 2.75) is 6.04 Å². The summed E-state index contributed by atoms with van der Waals surface area (Å²) in [5.41, 5.74) is 4.15. The number of rotatable bonds is 4. The van der Waals surface area contributed by atoms with Crippen molar-refractivity contribution in [2.24, 2.45) is 5.84 Å². The number of hydrogen-bond donors (Lipinski definition) is 2. The van der Waals surface area contributed by atoms with Crippen molar-refractivity contribution in [3.05, 3.63) is 64.8 Å². The van der Waals surface area contributed by atoms with Crippen molar-refractivity contribution >= 4 is 21.4 Å². The molecule has 1 atom stereocenters. The van der Waals surface area contributed by atoms with E-state index in [1.807, 2.05) is 29.6 Å². The molecule has 3 N–H and O–H groups in total. The first-order valence-corrected chi connectivity index (χ1v) is 7.39. The number of thiophene rings is 1. The number of benzene rings is 2. The first-order valence-electron chi connectivity index (χ1n) is 6.51. The highest BCUT2D eigenvalue weighted by Crippen LogP contribution is 2.35. The zero-order valence-corrected chi connectivity index (χ0v) is 12.3. The molecular weight excluding hydrogens is 287 g/mol. The molecule has 2 aromatic carbocycles. The first-order chi connectivity index (χ1) is 10.3. The van der Waals surface area contributed by atoms with E-state index >= 15 is 0 Å². The number of nitrogens with two attached hydrogens (primary N) is 1. The Kier molecular flexibility index (Phi) is 3.88. The summed E-state index contributed by atoms with van der Waals surface area (Å²) in [7, 11) is 1.45. The second-order valence-corrected chi connectivity index (χ2v) is 5.56. The lowest BCUT2D eigenvalue weighted by molar-refractivity contribution is 0.382. The molecule has 1 unspecified atom stereocenters. The Labute approximate surface area is 126 Å². The van der Waals surface area contributed by atoms with Gasteiger partial charge in [-0.15, -0.1) is 11.3 Å². The molecule has 108 valence electrons. The van der Waals surface area contributed by atoms with E-state index in [1.54, 1.807) is 29.5 Å². The van der Waals surface area contributed by atoms with Gasteiger partial charge in [0.2, 0.25) is 0 Å². The first kappa shape index (κ1) is 14.0. The van der Waals surface area contributed by atoms with Crippen LogP contribution in [0.15, 0.2) is 47.8 Å². The molecule has 3 nitrogen and oxygen atoms in total. The van der Waals surface area contributed by atoms with E-state index in [4.69, 9.17) is 10.6 Å². The second kappa shape index (κ2) is 5.81. The maximum Gasteiger partial charge on any atom is 0.170 e. The summed E-state index contributed by atoms with van der Waals surface area (Å²) in [6, 6.07) is 12.7. The lowest BCUT2D eigenvalue weighted by Gasteiger charge is -2.18. The summed E-state index contributed by atoms with van der Waals surface area (Å²) in [6.45, 7) is 0. The van der Waals surface area contributed by atoms with Gasteiger partial charge in [0.1, 0.15) is 0 Å². The summed E-state index contributed by atoms with van der Waals surface area (Å²) < 4.78 is 20.7. The van der Waals surface area contributed by atoms with Crippen LogP contribution in [-0.2, 0) is 0 Å². The number of methoxy groups -OCH3 is 1. The molecule has 0 radical (unpaired) electrons. The van der Waals surface area contributed by atoms with Crippen molar-refractivity contribution in [3.63, 3.8) is 0 Å². The van der Waals surface area contributed by atoms with Crippen LogP contribution in [0, 0.1) is 5.82 Å². The fourth-order valence-electron chi connectivity index (χ4n) is 2.48. The third kappa shape index (κ3) is 2.40. The minimum absolute atomic E-state index is 0.215. The van der Waals surface area contributed by atoms with E-state index in [0.717, 1.165) is 15.6 Å². The highest BCUT2D eigenvalue weighted by Gasteiger charge is 2.21. The molecule has 0 saturated carbocycles. The van der Waals surface area contributed by atoms with Gasteiger partial charge in [-0.1, -0.05) is 30.3 Å². The monoisotopic (exact) mass is 302 g/mol. The average molecular weight is 302 g/mol. The van der Waals surface area contributed by atoms with Crippen LogP contribution >= 0.6 is 11.3 Å². The van der Waals surface area contributed by atoms with Gasteiger partial charge >= 0.3 is 0 Å². The summed E-state index contributed by atoms with van der Waals surface area (Å²) in [5.74, 6) is 5.52. The minimum Gasteiger partial charge on any atom is -0.494 e. The number of fused-ring (bicyclic) bond motifs is 1. The van der Waals surface area contributed by atoms with Gasteiger partial charge in [-0.25, -0.2) is 9.82 Å². The van der Waals surface area contributed by atoms with E-state index in [9.17, 15) is 4.39 Å². The summed E-state index contributed by atoms with van der Waals surface area (Å²) >= 11 is 1.62. The number of hydrazine groups is 1. The molecule has 21 heavy (non-hydrogen) atoms. The number of nitrogens with one attached hydrogen (secondary N) is 1. The molecule has 0 aliphatic heterocycles. The van der Waals surface area contributed by atoms with E-state index in [1.165, 1.54) is 7.11 Å². The van der Waals surface area contributed by atoms with Crippen molar-refractivity contribution in [2.75, 3.05) is 7.11 Å². The Morgan fingerprint density at radius 2 is 1.95 bits per heavy atom. The molecule has 0 aliphatic carbocycles. The van der Waals surface area contributed by atoms with Crippen LogP contribution in [0.3, 0.4) is 0 Å². The van der Waals surface area contributed by atoms with Crippen LogP contribution in [0.1, 0.15) is 17.2 Å². The van der Waals surface area contributed by atoms with Crippen LogP contribution in [0.25, 0.3) is 10.1 Å². The fourth-order valence-corrected chi connectivity index (χ4v) is 3.46. The lowest BCUT2D eigenvalue weighted by Crippen LogP contribution is -2.29. The fraction of sp³-hybridized carbons (Fsp3) is 0.125. The largest absolute Gasteiger partial charge is 0.494 e. The maximum atomic E-state index is 14.5.